The van der Waals surface area contributed by atoms with Crippen molar-refractivity contribution >= 4 is 86.2 Å². The van der Waals surface area contributed by atoms with Crippen molar-refractivity contribution in [2.24, 2.45) is 0 Å². The molecule has 0 aromatic heterocycles. The Balaban J connectivity index is 0.971. The van der Waals surface area contributed by atoms with E-state index in [0.717, 1.165) is 51.4 Å². The molecule has 0 unspecified atom stereocenters. The molecule has 0 aliphatic rings. The Morgan fingerprint density at radius 2 is 0.276 bits per heavy atom. The second-order valence-corrected chi connectivity index (χ2v) is 34.6. The summed E-state index contributed by atoms with van der Waals surface area (Å²) in [5, 5.41) is 21.7. The van der Waals surface area contributed by atoms with Gasteiger partial charge < -0.3 is 0 Å². The number of hydrogen-bond acceptors (Lipinski definition) is 0. The molecule has 116 heavy (non-hydrogen) atoms. The van der Waals surface area contributed by atoms with Gasteiger partial charge in [0.2, 0.25) is 0 Å². The van der Waals surface area contributed by atoms with Gasteiger partial charge in [-0.2, -0.15) is 0 Å². The van der Waals surface area contributed by atoms with E-state index in [0.29, 0.717) is 0 Å². The van der Waals surface area contributed by atoms with Crippen molar-refractivity contribution in [3.8, 4) is 66.8 Å². The maximum Gasteiger partial charge on any atom is -0.00235 e. The summed E-state index contributed by atoms with van der Waals surface area (Å²) in [6.45, 7) is 14.1. The van der Waals surface area contributed by atoms with Crippen LogP contribution >= 0.6 is 0 Å². The molecule has 15 aromatic carbocycles. The molecule has 0 heteroatoms. The zero-order valence-electron chi connectivity index (χ0n) is 71.5. The van der Waals surface area contributed by atoms with Gasteiger partial charge in [-0.1, -0.05) is 426 Å². The van der Waals surface area contributed by atoms with Crippen LogP contribution < -0.4 is 0 Å². The molecule has 0 amide bonds. The molecule has 0 fully saturated rings. The van der Waals surface area contributed by atoms with Gasteiger partial charge >= 0.3 is 0 Å². The van der Waals surface area contributed by atoms with Gasteiger partial charge in [0.15, 0.2) is 0 Å². The molecule has 594 valence electrons. The summed E-state index contributed by atoms with van der Waals surface area (Å²) in [5.41, 5.74) is 26.0. The number of unbranched alkanes of at least 4 members (excludes halogenated alkanes) is 24. The molecule has 15 aromatic rings. The van der Waals surface area contributed by atoms with Gasteiger partial charge in [-0.05, 0) is 276 Å². The first kappa shape index (κ1) is 81.5. The van der Waals surface area contributed by atoms with Crippen molar-refractivity contribution in [1.82, 2.24) is 0 Å². The summed E-state index contributed by atoms with van der Waals surface area (Å²) in [5.74, 6) is 0. The lowest BCUT2D eigenvalue weighted by molar-refractivity contribution is 0.630. The van der Waals surface area contributed by atoms with E-state index in [2.05, 4.69) is 284 Å². The molecular formula is C116H130. The van der Waals surface area contributed by atoms with Crippen LogP contribution in [0.5, 0.6) is 0 Å². The monoisotopic (exact) mass is 1520 g/mol. The van der Waals surface area contributed by atoms with Crippen molar-refractivity contribution in [2.45, 2.75) is 273 Å². The first-order valence-electron chi connectivity index (χ1n) is 46.6. The van der Waals surface area contributed by atoms with E-state index in [1.54, 1.807) is 0 Å². The van der Waals surface area contributed by atoms with Crippen LogP contribution in [0.2, 0.25) is 0 Å². The third-order valence-electron chi connectivity index (χ3n) is 26.3. The van der Waals surface area contributed by atoms with Gasteiger partial charge in [0, 0.05) is 0 Å². The van der Waals surface area contributed by atoms with Crippen molar-refractivity contribution in [3.05, 3.63) is 276 Å². The van der Waals surface area contributed by atoms with Crippen LogP contribution in [-0.4, -0.2) is 0 Å². The van der Waals surface area contributed by atoms with Gasteiger partial charge in [-0.15, -0.1) is 0 Å². The number of aryl methyl sites for hydroxylation is 6. The normalized spacial score (nSPS) is 11.9. The second kappa shape index (κ2) is 40.5. The number of fused-ring (bicyclic) bond motifs is 8. The Bertz CT molecular complexity index is 5250. The number of rotatable bonds is 42. The zero-order chi connectivity index (χ0) is 79.4. The summed E-state index contributed by atoms with van der Waals surface area (Å²) in [6.07, 6.45) is 43.5. The predicted molar refractivity (Wildman–Crippen MR) is 514 cm³/mol. The molecule has 0 aliphatic carbocycles. The van der Waals surface area contributed by atoms with Gasteiger partial charge in [-0.3, -0.25) is 0 Å². The van der Waals surface area contributed by atoms with E-state index in [1.165, 1.54) is 366 Å². The Labute approximate surface area is 697 Å². The van der Waals surface area contributed by atoms with E-state index in [-0.39, 0.29) is 0 Å². The molecular weight excluding hydrogens is 1390 g/mol. The highest BCUT2D eigenvalue weighted by molar-refractivity contribution is 6.25. The van der Waals surface area contributed by atoms with Crippen molar-refractivity contribution in [1.29, 1.82) is 0 Å². The molecule has 0 bridgehead atoms. The lowest BCUT2D eigenvalue weighted by Gasteiger charge is -2.26. The van der Waals surface area contributed by atoms with Crippen LogP contribution in [0.4, 0.5) is 0 Å². The van der Waals surface area contributed by atoms with Crippen LogP contribution in [-0.2, 0) is 38.5 Å². The molecule has 0 nitrogen and oxygen atoms in total. The minimum absolute atomic E-state index is 1.02. The lowest BCUT2D eigenvalue weighted by Crippen LogP contribution is -2.03. The molecule has 0 saturated carbocycles. The zero-order valence-corrected chi connectivity index (χ0v) is 71.5. The van der Waals surface area contributed by atoms with Crippen LogP contribution in [0.1, 0.15) is 268 Å². The minimum atomic E-state index is 1.02. The molecule has 0 heterocycles. The Morgan fingerprint density at radius 3 is 0.440 bits per heavy atom. The summed E-state index contributed by atoms with van der Waals surface area (Å²) >= 11 is 0. The highest BCUT2D eigenvalue weighted by Crippen LogP contribution is 2.53. The van der Waals surface area contributed by atoms with Crippen LogP contribution in [0, 0.1) is 0 Å². The smallest absolute Gasteiger partial charge is 0.00235 e. The van der Waals surface area contributed by atoms with Gasteiger partial charge in [-0.25, -0.2) is 0 Å². The van der Waals surface area contributed by atoms with Crippen molar-refractivity contribution in [3.63, 3.8) is 0 Å². The molecule has 0 atom stereocenters. The van der Waals surface area contributed by atoms with E-state index >= 15 is 0 Å². The average molecular weight is 1520 g/mol. The molecule has 0 N–H and O–H groups in total. The fraction of sp³-hybridized carbons (Fsp3) is 0.362. The van der Waals surface area contributed by atoms with E-state index in [9.17, 15) is 0 Å². The maximum atomic E-state index is 2.79. The summed E-state index contributed by atoms with van der Waals surface area (Å²) < 4.78 is 0. The van der Waals surface area contributed by atoms with Crippen molar-refractivity contribution in [2.75, 3.05) is 0 Å². The van der Waals surface area contributed by atoms with Crippen molar-refractivity contribution < 1.29 is 0 Å². The Kier molecular flexibility index (Phi) is 28.5. The fourth-order valence-corrected chi connectivity index (χ4v) is 20.2. The topological polar surface area (TPSA) is 0 Å². The summed E-state index contributed by atoms with van der Waals surface area (Å²) in [6, 6.07) is 97.4. The predicted octanol–water partition coefficient (Wildman–Crippen LogP) is 36.0. The summed E-state index contributed by atoms with van der Waals surface area (Å²) in [7, 11) is 0. The van der Waals surface area contributed by atoms with Gasteiger partial charge in [0.05, 0.1) is 0 Å². The second-order valence-electron chi connectivity index (χ2n) is 34.6. The maximum absolute atomic E-state index is 2.79. The standard InChI is InChI=1S/C116H130/c1-7-13-19-25-31-53-87-79-107(89(55-33-27-21-15-9-3)77-105(87)111-93-63-41-37-59-83(93)75-84-60-38-42-64-94(84)111)113-97-67-45-49-71-101(97)115(102-72-50-46-68-98(102)113)109-81-92(58-36-30-24-18-12-6)110(82-91(109)57-35-29-23-17-11-5)116-103-73-51-47-69-99(103)114(100-70-48-52-74-104(100)116)108-80-88(54-32-26-20-14-8-2)106(78-90(108)56-34-28-22-16-10-4)112-95-65-43-39-61-85(95)76-86-62-40-44-66-96(86)112/h37-52,59-82H,7-36,53-58H2,1-6H3. The minimum Gasteiger partial charge on any atom is -0.0654 e. The third-order valence-corrected chi connectivity index (χ3v) is 26.3. The van der Waals surface area contributed by atoms with Gasteiger partial charge in [0.1, 0.15) is 0 Å². The SMILES string of the molecule is CCCCCCCc1cc(-c2c3ccccc3c(-c3cc(CCCCCCC)c(-c4c5ccccc5c(-c5cc(CCCCCCC)c(-c6c7ccccc7cc7ccccc67)cc5CCCCCCC)c5ccccc45)cc3CCCCCCC)c3ccccc23)c(CCCCCCC)cc1-c1c2ccccc2cc2ccccc12. The van der Waals surface area contributed by atoms with Crippen LogP contribution in [0.3, 0.4) is 0 Å². The van der Waals surface area contributed by atoms with E-state index in [4.69, 9.17) is 0 Å². The quantitative estimate of drug-likeness (QED) is 0.0264. The molecule has 0 saturated heterocycles. The Hall–Kier alpha value is -9.62. The third kappa shape index (κ3) is 18.1. The molecule has 0 spiro atoms. The number of hydrogen-bond donors (Lipinski definition) is 0. The number of benzene rings is 15. The highest BCUT2D eigenvalue weighted by atomic mass is 14.3. The fourth-order valence-electron chi connectivity index (χ4n) is 20.2. The highest BCUT2D eigenvalue weighted by Gasteiger charge is 2.28. The molecule has 0 radical (unpaired) electrons. The average Bonchev–Trinajstić information content (AvgIpc) is 0.719. The van der Waals surface area contributed by atoms with Crippen LogP contribution in [0.25, 0.3) is 153 Å². The van der Waals surface area contributed by atoms with Crippen LogP contribution in [0.15, 0.2) is 243 Å². The molecule has 0 aliphatic heterocycles. The largest absolute Gasteiger partial charge is 0.0654 e. The Morgan fingerprint density at radius 1 is 0.138 bits per heavy atom. The van der Waals surface area contributed by atoms with E-state index in [1.807, 2.05) is 0 Å². The van der Waals surface area contributed by atoms with E-state index < -0.39 is 0 Å². The summed E-state index contributed by atoms with van der Waals surface area (Å²) in [4.78, 5) is 0. The van der Waals surface area contributed by atoms with Gasteiger partial charge in [0.25, 0.3) is 0 Å². The lowest BCUT2D eigenvalue weighted by atomic mass is 9.78. The molecule has 15 rings (SSSR count). The first-order valence-corrected chi connectivity index (χ1v) is 46.6. The first-order chi connectivity index (χ1) is 57.4.